The number of piperidine rings is 1. The number of aromatic amines is 1. The quantitative estimate of drug-likeness (QED) is 0.779. The molecule has 2 aromatic rings. The minimum absolute atomic E-state index is 0.135. The zero-order valence-electron chi connectivity index (χ0n) is 19.6. The molecule has 172 valence electrons. The third-order valence-corrected chi connectivity index (χ3v) is 5.51. The van der Waals surface area contributed by atoms with Crippen molar-refractivity contribution in [1.29, 1.82) is 0 Å². The van der Waals surface area contributed by atoms with E-state index >= 15 is 0 Å². The van der Waals surface area contributed by atoms with Crippen molar-refractivity contribution in [2.24, 2.45) is 5.92 Å². The highest BCUT2D eigenvalue weighted by molar-refractivity contribution is 5.94. The number of benzene rings is 1. The van der Waals surface area contributed by atoms with Gasteiger partial charge in [-0.15, -0.1) is 0 Å². The lowest BCUT2D eigenvalue weighted by Gasteiger charge is -2.35. The van der Waals surface area contributed by atoms with Crippen LogP contribution in [0.25, 0.3) is 11.3 Å². The summed E-state index contributed by atoms with van der Waals surface area (Å²) >= 11 is 0. The first-order chi connectivity index (χ1) is 15.0. The average molecular weight is 440 g/mol. The first-order valence-electron chi connectivity index (χ1n) is 11.1. The zero-order chi connectivity index (χ0) is 23.5. The van der Waals surface area contributed by atoms with Gasteiger partial charge in [-0.2, -0.15) is 0 Å². The summed E-state index contributed by atoms with van der Waals surface area (Å²) in [6, 6.07) is 11.2. The smallest absolute Gasteiger partial charge is 0.410 e. The summed E-state index contributed by atoms with van der Waals surface area (Å²) in [6.45, 7) is 9.11. The number of aromatic nitrogens is 1. The van der Waals surface area contributed by atoms with Crippen molar-refractivity contribution in [1.82, 2.24) is 14.8 Å². The Balaban J connectivity index is 1.67. The van der Waals surface area contributed by atoms with Crippen LogP contribution in [-0.4, -0.2) is 59.1 Å². The fraction of sp³-hybridized carbons (Fsp3) is 0.480. The van der Waals surface area contributed by atoms with E-state index in [0.717, 1.165) is 24.0 Å². The molecule has 7 nitrogen and oxygen atoms in total. The number of likely N-dealkylation sites (tertiary alicyclic amines) is 1. The lowest BCUT2D eigenvalue weighted by atomic mass is 9.97. The predicted octanol–water partition coefficient (Wildman–Crippen LogP) is 4.07. The summed E-state index contributed by atoms with van der Waals surface area (Å²) in [5, 5.41) is 0. The highest BCUT2D eigenvalue weighted by Gasteiger charge is 2.28. The molecule has 3 rings (SSSR count). The minimum atomic E-state index is -0.550. The molecule has 1 N–H and O–H groups in total. The number of pyridine rings is 1. The van der Waals surface area contributed by atoms with Crippen molar-refractivity contribution in [3.63, 3.8) is 0 Å². The summed E-state index contributed by atoms with van der Waals surface area (Å²) in [7, 11) is 1.71. The van der Waals surface area contributed by atoms with Gasteiger partial charge in [0, 0.05) is 32.4 Å². The summed E-state index contributed by atoms with van der Waals surface area (Å²) in [5.41, 5.74) is 1.89. The van der Waals surface area contributed by atoms with E-state index in [-0.39, 0.29) is 29.0 Å². The molecule has 1 aliphatic rings. The van der Waals surface area contributed by atoms with Crippen molar-refractivity contribution >= 4 is 12.0 Å². The molecule has 0 bridgehead atoms. The van der Waals surface area contributed by atoms with Crippen LogP contribution in [0.15, 0.2) is 41.2 Å². The van der Waals surface area contributed by atoms with Crippen molar-refractivity contribution in [3.05, 3.63) is 57.9 Å². The second-order valence-electron chi connectivity index (χ2n) is 9.60. The maximum Gasteiger partial charge on any atom is 0.410 e. The Bertz CT molecular complexity index is 1040. The van der Waals surface area contributed by atoms with Gasteiger partial charge in [0.2, 0.25) is 0 Å². The number of hydrogen-bond donors (Lipinski definition) is 1. The van der Waals surface area contributed by atoms with E-state index in [2.05, 4.69) is 4.98 Å². The van der Waals surface area contributed by atoms with Crippen LogP contribution in [0.4, 0.5) is 4.79 Å². The van der Waals surface area contributed by atoms with E-state index in [1.807, 2.05) is 52.0 Å². The van der Waals surface area contributed by atoms with Gasteiger partial charge in [-0.05, 0) is 70.2 Å². The largest absolute Gasteiger partial charge is 0.444 e. The number of ether oxygens (including phenoxy) is 1. The van der Waals surface area contributed by atoms with Gasteiger partial charge in [-0.3, -0.25) is 9.59 Å². The normalized spacial score (nSPS) is 16.5. The molecule has 1 aliphatic heterocycles. The van der Waals surface area contributed by atoms with E-state index in [4.69, 9.17) is 4.74 Å². The maximum atomic E-state index is 13.1. The third kappa shape index (κ3) is 5.99. The number of carbonyl (C=O) groups is 2. The molecule has 1 aromatic heterocycles. The SMILES string of the molecule is Cc1cccc(-c2ccc(C(=O)N3CCCC(CN(C)C(=O)OC(C)(C)C)C3)c(=O)[nH]2)c1. The molecule has 0 aliphatic carbocycles. The van der Waals surface area contributed by atoms with Crippen LogP contribution >= 0.6 is 0 Å². The van der Waals surface area contributed by atoms with Gasteiger partial charge >= 0.3 is 6.09 Å². The molecular formula is C25H33N3O4. The van der Waals surface area contributed by atoms with Gasteiger partial charge in [0.05, 0.1) is 0 Å². The summed E-state index contributed by atoms with van der Waals surface area (Å²) in [6.07, 6.45) is 1.38. The molecular weight excluding hydrogens is 406 g/mol. The van der Waals surface area contributed by atoms with E-state index in [0.29, 0.717) is 25.3 Å². The van der Waals surface area contributed by atoms with Gasteiger partial charge in [0.1, 0.15) is 11.2 Å². The Morgan fingerprint density at radius 1 is 1.22 bits per heavy atom. The Hall–Kier alpha value is -3.09. The molecule has 1 aromatic carbocycles. The van der Waals surface area contributed by atoms with Crippen LogP contribution in [0.5, 0.6) is 0 Å². The highest BCUT2D eigenvalue weighted by Crippen LogP contribution is 2.21. The number of rotatable bonds is 4. The van der Waals surface area contributed by atoms with Gasteiger partial charge < -0.3 is 19.5 Å². The van der Waals surface area contributed by atoms with Crippen molar-refractivity contribution in [3.8, 4) is 11.3 Å². The molecule has 0 radical (unpaired) electrons. The molecule has 1 unspecified atom stereocenters. The standard InChI is InChI=1S/C25H33N3O4/c1-17-8-6-10-19(14-17)21-12-11-20(22(29)26-21)23(30)28-13-7-9-18(16-28)15-27(5)24(31)32-25(2,3)4/h6,8,10-12,14,18H,7,9,13,15-16H2,1-5H3,(H,26,29). The lowest BCUT2D eigenvalue weighted by Crippen LogP contribution is -2.45. The molecule has 0 saturated carbocycles. The second-order valence-corrected chi connectivity index (χ2v) is 9.60. The first-order valence-corrected chi connectivity index (χ1v) is 11.1. The number of carbonyl (C=O) groups excluding carboxylic acids is 2. The molecule has 32 heavy (non-hydrogen) atoms. The summed E-state index contributed by atoms with van der Waals surface area (Å²) < 4.78 is 5.42. The van der Waals surface area contributed by atoms with Crippen molar-refractivity contribution in [2.75, 3.05) is 26.7 Å². The molecule has 1 saturated heterocycles. The molecule has 1 fully saturated rings. The number of nitrogens with one attached hydrogen (secondary N) is 1. The fourth-order valence-electron chi connectivity index (χ4n) is 3.99. The van der Waals surface area contributed by atoms with Crippen molar-refractivity contribution < 1.29 is 14.3 Å². The highest BCUT2D eigenvalue weighted by atomic mass is 16.6. The Kier molecular flexibility index (Phi) is 7.06. The second kappa shape index (κ2) is 9.59. The molecule has 2 heterocycles. The lowest BCUT2D eigenvalue weighted by molar-refractivity contribution is 0.0244. The van der Waals surface area contributed by atoms with Crippen molar-refractivity contribution in [2.45, 2.75) is 46.1 Å². The number of H-pyrrole nitrogens is 1. The zero-order valence-corrected chi connectivity index (χ0v) is 19.6. The van der Waals surface area contributed by atoms with E-state index in [9.17, 15) is 14.4 Å². The predicted molar refractivity (Wildman–Crippen MR) is 125 cm³/mol. The Morgan fingerprint density at radius 3 is 2.62 bits per heavy atom. The van der Waals surface area contributed by atoms with E-state index in [1.54, 1.807) is 29.0 Å². The topological polar surface area (TPSA) is 82.7 Å². The molecule has 2 amide bonds. The van der Waals surface area contributed by atoms with Gasteiger partial charge in [-0.25, -0.2) is 4.79 Å². The molecule has 0 spiro atoms. The van der Waals surface area contributed by atoms with Crippen LogP contribution in [0.2, 0.25) is 0 Å². The van der Waals surface area contributed by atoms with E-state index < -0.39 is 5.60 Å². The number of nitrogens with zero attached hydrogens (tertiary/aromatic N) is 2. The molecule has 1 atom stereocenters. The van der Waals surface area contributed by atoms with Crippen LogP contribution < -0.4 is 5.56 Å². The Labute approximate surface area is 189 Å². The van der Waals surface area contributed by atoms with Gasteiger partial charge in [0.25, 0.3) is 11.5 Å². The van der Waals surface area contributed by atoms with E-state index in [1.165, 1.54) is 0 Å². The van der Waals surface area contributed by atoms with Crippen LogP contribution in [0.1, 0.15) is 49.5 Å². The number of hydrogen-bond acceptors (Lipinski definition) is 4. The van der Waals surface area contributed by atoms with Gasteiger partial charge in [-0.1, -0.05) is 23.8 Å². The number of amides is 2. The monoisotopic (exact) mass is 439 g/mol. The summed E-state index contributed by atoms with van der Waals surface area (Å²) in [4.78, 5) is 44.2. The van der Waals surface area contributed by atoms with Crippen LogP contribution in [-0.2, 0) is 4.74 Å². The average Bonchev–Trinajstić information content (AvgIpc) is 2.72. The van der Waals surface area contributed by atoms with Crippen LogP contribution in [0.3, 0.4) is 0 Å². The fourth-order valence-corrected chi connectivity index (χ4v) is 3.99. The minimum Gasteiger partial charge on any atom is -0.444 e. The number of aryl methyl sites for hydroxylation is 1. The first kappa shape index (κ1) is 23.6. The third-order valence-electron chi connectivity index (χ3n) is 5.51. The Morgan fingerprint density at radius 2 is 1.97 bits per heavy atom. The van der Waals surface area contributed by atoms with Crippen LogP contribution in [0, 0.1) is 12.8 Å². The summed E-state index contributed by atoms with van der Waals surface area (Å²) in [5.74, 6) is -0.137. The molecule has 7 heteroatoms. The maximum absolute atomic E-state index is 13.1. The van der Waals surface area contributed by atoms with Gasteiger partial charge in [0.15, 0.2) is 0 Å².